The summed E-state index contributed by atoms with van der Waals surface area (Å²) in [6, 6.07) is 3.84. The van der Waals surface area contributed by atoms with Gasteiger partial charge in [-0.05, 0) is 31.4 Å². The van der Waals surface area contributed by atoms with E-state index in [1.807, 2.05) is 0 Å². The number of nitrogens with two attached hydrogens (primary N) is 1. The molecular formula is C16H28N4O2. The van der Waals surface area contributed by atoms with Gasteiger partial charge in [0, 0.05) is 6.04 Å². The zero-order chi connectivity index (χ0) is 16.4. The standard InChI is InChI=1S/C16H28N4O2/c1-12(2)6-4-7-13(3)20-16(17)19-11-15(21)18-10-14-8-5-9-22-14/h5,8-9,12-13H,4,6-7,10-11H2,1-3H3,(H,18,21)(H3,17,19,20). The maximum absolute atomic E-state index is 11.6. The second-order valence-corrected chi connectivity index (χ2v) is 5.93. The van der Waals surface area contributed by atoms with Crippen molar-refractivity contribution < 1.29 is 9.21 Å². The Morgan fingerprint density at radius 1 is 1.36 bits per heavy atom. The molecule has 124 valence electrons. The van der Waals surface area contributed by atoms with Crippen LogP contribution in [0.1, 0.15) is 45.8 Å². The normalized spacial score (nSPS) is 13.2. The summed E-state index contributed by atoms with van der Waals surface area (Å²) < 4.78 is 5.13. The van der Waals surface area contributed by atoms with E-state index in [0.717, 1.165) is 18.8 Å². The highest BCUT2D eigenvalue weighted by atomic mass is 16.3. The van der Waals surface area contributed by atoms with Gasteiger partial charge >= 0.3 is 0 Å². The third kappa shape index (κ3) is 8.34. The van der Waals surface area contributed by atoms with E-state index in [9.17, 15) is 4.79 Å². The second-order valence-electron chi connectivity index (χ2n) is 5.93. The Morgan fingerprint density at radius 2 is 2.14 bits per heavy atom. The van der Waals surface area contributed by atoms with Gasteiger partial charge in [0.05, 0.1) is 12.8 Å². The first-order valence-corrected chi connectivity index (χ1v) is 7.83. The molecule has 0 aliphatic rings. The van der Waals surface area contributed by atoms with Gasteiger partial charge in [0.1, 0.15) is 12.3 Å². The van der Waals surface area contributed by atoms with Crippen LogP contribution in [0.5, 0.6) is 0 Å². The minimum atomic E-state index is -0.186. The van der Waals surface area contributed by atoms with Crippen LogP contribution < -0.4 is 16.4 Å². The quantitative estimate of drug-likeness (QED) is 0.480. The summed E-state index contributed by atoms with van der Waals surface area (Å²) in [5.74, 6) is 1.55. The number of nitrogens with zero attached hydrogens (tertiary/aromatic N) is 1. The van der Waals surface area contributed by atoms with Crippen LogP contribution in [0, 0.1) is 5.92 Å². The summed E-state index contributed by atoms with van der Waals surface area (Å²) in [4.78, 5) is 15.7. The molecule has 1 heterocycles. The van der Waals surface area contributed by atoms with Crippen molar-refractivity contribution in [1.82, 2.24) is 10.6 Å². The smallest absolute Gasteiger partial charge is 0.242 e. The highest BCUT2D eigenvalue weighted by molar-refractivity contribution is 5.84. The maximum atomic E-state index is 11.6. The van der Waals surface area contributed by atoms with Crippen molar-refractivity contribution in [2.75, 3.05) is 6.54 Å². The van der Waals surface area contributed by atoms with Gasteiger partial charge in [-0.3, -0.25) is 4.79 Å². The van der Waals surface area contributed by atoms with Crippen LogP contribution in [-0.2, 0) is 11.3 Å². The molecule has 0 saturated heterocycles. The lowest BCUT2D eigenvalue weighted by atomic mass is 10.0. The second kappa shape index (κ2) is 9.87. The molecule has 1 amide bonds. The highest BCUT2D eigenvalue weighted by Crippen LogP contribution is 2.07. The third-order valence-electron chi connectivity index (χ3n) is 3.25. The van der Waals surface area contributed by atoms with E-state index in [1.165, 1.54) is 6.42 Å². The van der Waals surface area contributed by atoms with Gasteiger partial charge in [-0.15, -0.1) is 0 Å². The van der Waals surface area contributed by atoms with Crippen molar-refractivity contribution >= 4 is 11.9 Å². The number of guanidine groups is 1. The van der Waals surface area contributed by atoms with Crippen LogP contribution in [0.3, 0.4) is 0 Å². The third-order valence-corrected chi connectivity index (χ3v) is 3.25. The summed E-state index contributed by atoms with van der Waals surface area (Å²) in [5.41, 5.74) is 5.79. The number of carbonyl (C=O) groups excluding carboxylic acids is 1. The number of hydrogen-bond donors (Lipinski definition) is 3. The average molecular weight is 308 g/mol. The van der Waals surface area contributed by atoms with Gasteiger partial charge in [0.15, 0.2) is 5.96 Å². The number of furan rings is 1. The molecule has 1 aromatic rings. The molecule has 0 aliphatic heterocycles. The fraction of sp³-hybridized carbons (Fsp3) is 0.625. The Kier molecular flexibility index (Phi) is 8.10. The maximum Gasteiger partial charge on any atom is 0.242 e. The Morgan fingerprint density at radius 3 is 2.77 bits per heavy atom. The lowest BCUT2D eigenvalue weighted by Gasteiger charge is -2.15. The molecule has 1 atom stereocenters. The molecule has 0 fully saturated rings. The highest BCUT2D eigenvalue weighted by Gasteiger charge is 2.05. The van der Waals surface area contributed by atoms with E-state index in [-0.39, 0.29) is 18.5 Å². The summed E-state index contributed by atoms with van der Waals surface area (Å²) >= 11 is 0. The first-order chi connectivity index (χ1) is 10.5. The SMILES string of the molecule is CC(C)CCCC(C)NC(N)=NCC(=O)NCc1ccco1. The lowest BCUT2D eigenvalue weighted by molar-refractivity contribution is -0.119. The first kappa shape index (κ1) is 18.1. The molecule has 1 rings (SSSR count). The van der Waals surface area contributed by atoms with Gasteiger partial charge in [0.2, 0.25) is 5.91 Å². The molecule has 0 aromatic carbocycles. The number of aliphatic imine (C=N–C) groups is 1. The minimum Gasteiger partial charge on any atom is -0.467 e. The zero-order valence-electron chi connectivity index (χ0n) is 13.8. The Labute approximate surface area is 132 Å². The molecule has 0 saturated carbocycles. The summed E-state index contributed by atoms with van der Waals surface area (Å²) in [7, 11) is 0. The van der Waals surface area contributed by atoms with Crippen LogP contribution in [-0.4, -0.2) is 24.5 Å². The summed E-state index contributed by atoms with van der Waals surface area (Å²) in [5, 5.41) is 5.83. The topological polar surface area (TPSA) is 92.6 Å². The number of hydrogen-bond acceptors (Lipinski definition) is 3. The largest absolute Gasteiger partial charge is 0.467 e. The van der Waals surface area contributed by atoms with Gasteiger partial charge in [-0.2, -0.15) is 0 Å². The number of carbonyl (C=O) groups is 1. The van der Waals surface area contributed by atoms with Crippen molar-refractivity contribution in [3.8, 4) is 0 Å². The molecule has 4 N–H and O–H groups in total. The van der Waals surface area contributed by atoms with Crippen LogP contribution in [0.2, 0.25) is 0 Å². The molecule has 22 heavy (non-hydrogen) atoms. The van der Waals surface area contributed by atoms with Crippen molar-refractivity contribution in [1.29, 1.82) is 0 Å². The summed E-state index contributed by atoms with van der Waals surface area (Å²) in [6.45, 7) is 6.88. The molecule has 1 unspecified atom stereocenters. The first-order valence-electron chi connectivity index (χ1n) is 7.83. The predicted molar refractivity (Wildman–Crippen MR) is 88.3 cm³/mol. The molecule has 0 aliphatic carbocycles. The number of amides is 1. The molecule has 0 spiro atoms. The Bertz CT molecular complexity index is 455. The lowest BCUT2D eigenvalue weighted by Crippen LogP contribution is -2.39. The van der Waals surface area contributed by atoms with Gasteiger partial charge in [-0.25, -0.2) is 4.99 Å². The molecule has 0 bridgehead atoms. The van der Waals surface area contributed by atoms with Crippen LogP contribution in [0.15, 0.2) is 27.8 Å². The van der Waals surface area contributed by atoms with Crippen molar-refractivity contribution in [3.63, 3.8) is 0 Å². The fourth-order valence-electron chi connectivity index (χ4n) is 2.01. The molecule has 1 aromatic heterocycles. The molecule has 6 heteroatoms. The number of nitrogens with one attached hydrogen (secondary N) is 2. The van der Waals surface area contributed by atoms with Gasteiger partial charge < -0.3 is 20.8 Å². The average Bonchev–Trinajstić information content (AvgIpc) is 2.95. The fourth-order valence-corrected chi connectivity index (χ4v) is 2.01. The van der Waals surface area contributed by atoms with E-state index in [4.69, 9.17) is 10.2 Å². The van der Waals surface area contributed by atoms with E-state index in [2.05, 4.69) is 36.4 Å². The molecule has 6 nitrogen and oxygen atoms in total. The van der Waals surface area contributed by atoms with E-state index >= 15 is 0 Å². The zero-order valence-corrected chi connectivity index (χ0v) is 13.8. The Hall–Kier alpha value is -1.98. The van der Waals surface area contributed by atoms with Gasteiger partial charge in [-0.1, -0.05) is 26.7 Å². The monoisotopic (exact) mass is 308 g/mol. The molecule has 0 radical (unpaired) electrons. The van der Waals surface area contributed by atoms with Gasteiger partial charge in [0.25, 0.3) is 0 Å². The van der Waals surface area contributed by atoms with E-state index in [1.54, 1.807) is 18.4 Å². The van der Waals surface area contributed by atoms with Crippen LogP contribution >= 0.6 is 0 Å². The van der Waals surface area contributed by atoms with Crippen LogP contribution in [0.25, 0.3) is 0 Å². The summed E-state index contributed by atoms with van der Waals surface area (Å²) in [6.07, 6.45) is 4.97. The Balaban J connectivity index is 2.19. The molecular weight excluding hydrogens is 280 g/mol. The van der Waals surface area contributed by atoms with Crippen molar-refractivity contribution in [2.45, 2.75) is 52.6 Å². The number of rotatable bonds is 9. The minimum absolute atomic E-state index is 0.0122. The van der Waals surface area contributed by atoms with Crippen LogP contribution in [0.4, 0.5) is 0 Å². The predicted octanol–water partition coefficient (Wildman–Crippen LogP) is 2.01. The van der Waals surface area contributed by atoms with Crippen molar-refractivity contribution in [2.24, 2.45) is 16.6 Å². The van der Waals surface area contributed by atoms with E-state index in [0.29, 0.717) is 18.3 Å². The van der Waals surface area contributed by atoms with Crippen molar-refractivity contribution in [3.05, 3.63) is 24.2 Å². The van der Waals surface area contributed by atoms with E-state index < -0.39 is 0 Å².